The third-order valence-electron chi connectivity index (χ3n) is 2.13. The maximum Gasteiger partial charge on any atom is 0.102 e. The maximum atomic E-state index is 8.69. The number of hydrogen-bond acceptors (Lipinski definition) is 2. The summed E-state index contributed by atoms with van der Waals surface area (Å²) in [4.78, 5) is 0. The van der Waals surface area contributed by atoms with Crippen molar-refractivity contribution in [3.63, 3.8) is 0 Å². The summed E-state index contributed by atoms with van der Waals surface area (Å²) in [6, 6.07) is 7.61. The van der Waals surface area contributed by atoms with Crippen LogP contribution in [0.5, 0.6) is 0 Å². The molecule has 0 fully saturated rings. The van der Waals surface area contributed by atoms with Crippen LogP contribution in [0.3, 0.4) is 0 Å². The first-order chi connectivity index (χ1) is 7.20. The van der Waals surface area contributed by atoms with Crippen molar-refractivity contribution in [3.05, 3.63) is 46.7 Å². The van der Waals surface area contributed by atoms with Crippen molar-refractivity contribution in [2.24, 2.45) is 0 Å². The summed E-state index contributed by atoms with van der Waals surface area (Å²) in [5.74, 6) is 0. The van der Waals surface area contributed by atoms with E-state index in [2.05, 4.69) is 5.10 Å². The normalized spacial score (nSPS) is 9.93. The molecule has 0 saturated carbocycles. The van der Waals surface area contributed by atoms with Crippen LogP contribution in [0.2, 0.25) is 5.02 Å². The molecule has 0 aliphatic rings. The summed E-state index contributed by atoms with van der Waals surface area (Å²) in [7, 11) is 0. The molecule has 0 unspecified atom stereocenters. The second kappa shape index (κ2) is 3.76. The van der Waals surface area contributed by atoms with Gasteiger partial charge in [-0.2, -0.15) is 10.4 Å². The van der Waals surface area contributed by atoms with Crippen LogP contribution in [-0.2, 0) is 0 Å². The maximum absolute atomic E-state index is 8.69. The zero-order valence-electron chi connectivity index (χ0n) is 8.11. The van der Waals surface area contributed by atoms with Gasteiger partial charge in [-0.25, -0.2) is 4.68 Å². The average Bonchev–Trinajstić information content (AvgIpc) is 2.70. The Kier molecular flexibility index (Phi) is 2.44. The van der Waals surface area contributed by atoms with Gasteiger partial charge in [0.05, 0.1) is 17.4 Å². The summed E-state index contributed by atoms with van der Waals surface area (Å²) < 4.78 is 1.65. The number of nitrogens with zero attached hydrogens (tertiary/aromatic N) is 3. The first-order valence-electron chi connectivity index (χ1n) is 4.42. The van der Waals surface area contributed by atoms with Crippen LogP contribution in [0.15, 0.2) is 30.6 Å². The third-order valence-corrected chi connectivity index (χ3v) is 2.36. The van der Waals surface area contributed by atoms with Crippen molar-refractivity contribution in [1.29, 1.82) is 5.26 Å². The van der Waals surface area contributed by atoms with Crippen LogP contribution in [0.4, 0.5) is 0 Å². The van der Waals surface area contributed by atoms with Gasteiger partial charge in [-0.1, -0.05) is 17.7 Å². The lowest BCUT2D eigenvalue weighted by molar-refractivity contribution is 0.873. The molecule has 0 N–H and O–H groups in total. The number of halogens is 1. The molecule has 4 heteroatoms. The second-order valence-corrected chi connectivity index (χ2v) is 3.65. The molecule has 0 radical (unpaired) electrons. The van der Waals surface area contributed by atoms with Crippen LogP contribution in [0, 0.1) is 18.3 Å². The van der Waals surface area contributed by atoms with E-state index < -0.39 is 0 Å². The lowest BCUT2D eigenvalue weighted by Gasteiger charge is -2.05. The molecule has 1 aromatic heterocycles. The van der Waals surface area contributed by atoms with Gasteiger partial charge in [-0.3, -0.25) is 0 Å². The van der Waals surface area contributed by atoms with Crippen LogP contribution in [0.1, 0.15) is 11.1 Å². The molecule has 0 atom stereocenters. The molecule has 0 aliphatic heterocycles. The van der Waals surface area contributed by atoms with Gasteiger partial charge in [-0.15, -0.1) is 0 Å². The lowest BCUT2D eigenvalue weighted by Crippen LogP contribution is -1.96. The number of benzene rings is 1. The topological polar surface area (TPSA) is 41.6 Å². The van der Waals surface area contributed by atoms with Crippen LogP contribution < -0.4 is 0 Å². The molecule has 0 spiro atoms. The number of rotatable bonds is 1. The lowest BCUT2D eigenvalue weighted by atomic mass is 10.2. The summed E-state index contributed by atoms with van der Waals surface area (Å²) in [5, 5.41) is 13.4. The number of hydrogen-bond donors (Lipinski definition) is 0. The Balaban J connectivity index is 2.54. The molecule has 0 bridgehead atoms. The van der Waals surface area contributed by atoms with Gasteiger partial charge in [0.15, 0.2) is 0 Å². The van der Waals surface area contributed by atoms with E-state index in [0.717, 1.165) is 11.3 Å². The molecule has 1 aromatic carbocycles. The monoisotopic (exact) mass is 217 g/mol. The Morgan fingerprint density at radius 2 is 2.27 bits per heavy atom. The van der Waals surface area contributed by atoms with E-state index in [4.69, 9.17) is 16.9 Å². The molecular formula is C11H8ClN3. The quantitative estimate of drug-likeness (QED) is 0.737. The highest BCUT2D eigenvalue weighted by atomic mass is 35.5. The molecule has 2 rings (SSSR count). The van der Waals surface area contributed by atoms with Gasteiger partial charge >= 0.3 is 0 Å². The fourth-order valence-corrected chi connectivity index (χ4v) is 1.51. The van der Waals surface area contributed by atoms with Crippen molar-refractivity contribution in [2.45, 2.75) is 6.92 Å². The van der Waals surface area contributed by atoms with Crippen molar-refractivity contribution in [3.8, 4) is 11.8 Å². The molecule has 0 amide bonds. The standard InChI is InChI=1S/C11H8ClN3/c1-8-2-3-10(12)4-11(8)15-7-9(5-13)6-14-15/h2-4,6-7H,1H3. The Hall–Kier alpha value is -1.79. The summed E-state index contributed by atoms with van der Waals surface area (Å²) in [6.07, 6.45) is 3.21. The molecule has 0 saturated heterocycles. The summed E-state index contributed by atoms with van der Waals surface area (Å²) >= 11 is 5.90. The van der Waals surface area contributed by atoms with E-state index in [1.165, 1.54) is 6.20 Å². The highest BCUT2D eigenvalue weighted by Gasteiger charge is 2.04. The number of aromatic nitrogens is 2. The number of aryl methyl sites for hydroxylation is 1. The zero-order chi connectivity index (χ0) is 10.8. The predicted molar refractivity (Wildman–Crippen MR) is 58.0 cm³/mol. The smallest absolute Gasteiger partial charge is 0.102 e. The largest absolute Gasteiger partial charge is 0.239 e. The van der Waals surface area contributed by atoms with Crippen molar-refractivity contribution < 1.29 is 0 Å². The zero-order valence-corrected chi connectivity index (χ0v) is 8.86. The second-order valence-electron chi connectivity index (χ2n) is 3.22. The summed E-state index contributed by atoms with van der Waals surface area (Å²) in [6.45, 7) is 1.97. The van der Waals surface area contributed by atoms with Gasteiger partial charge in [-0.05, 0) is 24.6 Å². The van der Waals surface area contributed by atoms with Gasteiger partial charge < -0.3 is 0 Å². The Morgan fingerprint density at radius 1 is 1.47 bits per heavy atom. The van der Waals surface area contributed by atoms with Crippen molar-refractivity contribution >= 4 is 11.6 Å². The summed E-state index contributed by atoms with van der Waals surface area (Å²) in [5.41, 5.74) is 2.49. The van der Waals surface area contributed by atoms with E-state index >= 15 is 0 Å². The van der Waals surface area contributed by atoms with Crippen molar-refractivity contribution in [1.82, 2.24) is 9.78 Å². The molecule has 74 valence electrons. The van der Waals surface area contributed by atoms with Crippen LogP contribution in [-0.4, -0.2) is 9.78 Å². The Morgan fingerprint density at radius 3 is 2.93 bits per heavy atom. The molecule has 15 heavy (non-hydrogen) atoms. The molecule has 1 heterocycles. The molecule has 2 aromatic rings. The van der Waals surface area contributed by atoms with Crippen LogP contribution >= 0.6 is 11.6 Å². The van der Waals surface area contributed by atoms with Crippen molar-refractivity contribution in [2.75, 3.05) is 0 Å². The van der Waals surface area contributed by atoms with Gasteiger partial charge in [0.25, 0.3) is 0 Å². The minimum atomic E-state index is 0.536. The van der Waals surface area contributed by atoms with Gasteiger partial charge in [0.1, 0.15) is 6.07 Å². The fraction of sp³-hybridized carbons (Fsp3) is 0.0909. The highest BCUT2D eigenvalue weighted by molar-refractivity contribution is 6.30. The van der Waals surface area contributed by atoms with Gasteiger partial charge in [0.2, 0.25) is 0 Å². The van der Waals surface area contributed by atoms with Gasteiger partial charge in [0, 0.05) is 11.2 Å². The van der Waals surface area contributed by atoms with Crippen LogP contribution in [0.25, 0.3) is 5.69 Å². The molecule has 3 nitrogen and oxygen atoms in total. The molecule has 0 aliphatic carbocycles. The number of nitriles is 1. The van der Waals surface area contributed by atoms with E-state index in [1.54, 1.807) is 10.9 Å². The highest BCUT2D eigenvalue weighted by Crippen LogP contribution is 2.18. The van der Waals surface area contributed by atoms with E-state index in [9.17, 15) is 0 Å². The third kappa shape index (κ3) is 1.85. The minimum Gasteiger partial charge on any atom is -0.239 e. The van der Waals surface area contributed by atoms with E-state index in [-0.39, 0.29) is 0 Å². The van der Waals surface area contributed by atoms with E-state index in [1.807, 2.05) is 31.2 Å². The SMILES string of the molecule is Cc1ccc(Cl)cc1-n1cc(C#N)cn1. The predicted octanol–water partition coefficient (Wildman–Crippen LogP) is 2.71. The van der Waals surface area contributed by atoms with E-state index in [0.29, 0.717) is 10.6 Å². The average molecular weight is 218 g/mol. The minimum absolute atomic E-state index is 0.536. The first kappa shape index (κ1) is 9.75. The first-order valence-corrected chi connectivity index (χ1v) is 4.80. The fourth-order valence-electron chi connectivity index (χ4n) is 1.34. The Labute approximate surface area is 92.5 Å². The Bertz CT molecular complexity index is 537. The molecular weight excluding hydrogens is 210 g/mol.